The van der Waals surface area contributed by atoms with Crippen LogP contribution in [0.4, 0.5) is 0 Å². The summed E-state index contributed by atoms with van der Waals surface area (Å²) in [5.41, 5.74) is 7.30. The summed E-state index contributed by atoms with van der Waals surface area (Å²) in [5.74, 6) is 1.82. The second-order valence-corrected chi connectivity index (χ2v) is 6.03. The minimum atomic E-state index is 0.255. The Labute approximate surface area is 117 Å². The Morgan fingerprint density at radius 1 is 1.37 bits per heavy atom. The Bertz CT molecular complexity index is 391. The lowest BCUT2D eigenvalue weighted by Gasteiger charge is -2.27. The largest absolute Gasteiger partial charge is 0.490 e. The van der Waals surface area contributed by atoms with Gasteiger partial charge in [-0.15, -0.1) is 0 Å². The van der Waals surface area contributed by atoms with Crippen molar-refractivity contribution in [1.29, 1.82) is 0 Å². The predicted octanol–water partition coefficient (Wildman–Crippen LogP) is 3.92. The molecular weight excluding hydrogens is 234 g/mol. The molecule has 1 aromatic rings. The molecule has 0 aliphatic heterocycles. The quantitative estimate of drug-likeness (QED) is 0.871. The van der Waals surface area contributed by atoms with E-state index < -0.39 is 0 Å². The summed E-state index contributed by atoms with van der Waals surface area (Å²) < 4.78 is 6.14. The third-order valence-corrected chi connectivity index (χ3v) is 4.11. The molecule has 2 heteroatoms. The third kappa shape index (κ3) is 4.54. The summed E-state index contributed by atoms with van der Waals surface area (Å²) in [7, 11) is 0. The van der Waals surface area contributed by atoms with Gasteiger partial charge in [-0.2, -0.15) is 0 Å². The summed E-state index contributed by atoms with van der Waals surface area (Å²) in [6, 6.07) is 8.71. The lowest BCUT2D eigenvalue weighted by Crippen LogP contribution is -2.24. The van der Waals surface area contributed by atoms with Gasteiger partial charge in [-0.3, -0.25) is 0 Å². The van der Waals surface area contributed by atoms with Crippen molar-refractivity contribution in [3.63, 3.8) is 0 Å². The van der Waals surface area contributed by atoms with E-state index in [1.165, 1.54) is 31.2 Å². The van der Waals surface area contributed by atoms with Gasteiger partial charge in [-0.05, 0) is 55.7 Å². The van der Waals surface area contributed by atoms with Gasteiger partial charge < -0.3 is 10.5 Å². The van der Waals surface area contributed by atoms with E-state index in [0.29, 0.717) is 6.10 Å². The smallest absolute Gasteiger partial charge is 0.119 e. The molecule has 1 fully saturated rings. The molecule has 2 N–H and O–H groups in total. The third-order valence-electron chi connectivity index (χ3n) is 4.11. The number of nitrogens with two attached hydrogens (primary N) is 1. The molecule has 3 unspecified atom stereocenters. The molecule has 0 aromatic heterocycles. The first-order valence-corrected chi connectivity index (χ1v) is 7.68. The van der Waals surface area contributed by atoms with E-state index in [4.69, 9.17) is 10.5 Å². The second-order valence-electron chi connectivity index (χ2n) is 6.03. The van der Waals surface area contributed by atoms with Crippen LogP contribution >= 0.6 is 0 Å². The van der Waals surface area contributed by atoms with Crippen LogP contribution in [-0.2, 0) is 6.42 Å². The van der Waals surface area contributed by atoms with Gasteiger partial charge in [0.15, 0.2) is 0 Å². The second kappa shape index (κ2) is 6.95. The van der Waals surface area contributed by atoms with Crippen LogP contribution < -0.4 is 10.5 Å². The van der Waals surface area contributed by atoms with Crippen molar-refractivity contribution in [2.45, 2.75) is 64.5 Å². The normalized spacial score (nSPS) is 25.0. The first-order chi connectivity index (χ1) is 9.17. The lowest BCUT2D eigenvalue weighted by atomic mass is 9.89. The SMILES string of the molecule is CCC(N)Cc1cccc(OC2CCCC(C)C2)c1. The Kier molecular flexibility index (Phi) is 5.26. The fraction of sp³-hybridized carbons (Fsp3) is 0.647. The predicted molar refractivity (Wildman–Crippen MR) is 80.5 cm³/mol. The molecule has 1 aliphatic carbocycles. The summed E-state index contributed by atoms with van der Waals surface area (Å²) in [6.45, 7) is 4.46. The van der Waals surface area contributed by atoms with Gasteiger partial charge in [-0.25, -0.2) is 0 Å². The van der Waals surface area contributed by atoms with Crippen molar-refractivity contribution in [3.05, 3.63) is 29.8 Å². The van der Waals surface area contributed by atoms with Crippen molar-refractivity contribution in [2.24, 2.45) is 11.7 Å². The van der Waals surface area contributed by atoms with Crippen LogP contribution in [0.15, 0.2) is 24.3 Å². The number of hydrogen-bond acceptors (Lipinski definition) is 2. The van der Waals surface area contributed by atoms with E-state index in [9.17, 15) is 0 Å². The van der Waals surface area contributed by atoms with Gasteiger partial charge in [0.1, 0.15) is 5.75 Å². The van der Waals surface area contributed by atoms with Crippen molar-refractivity contribution in [3.8, 4) is 5.75 Å². The highest BCUT2D eigenvalue weighted by Crippen LogP contribution is 2.27. The Morgan fingerprint density at radius 2 is 2.21 bits per heavy atom. The molecule has 106 valence electrons. The number of ether oxygens (including phenoxy) is 1. The van der Waals surface area contributed by atoms with Crippen molar-refractivity contribution >= 4 is 0 Å². The Hall–Kier alpha value is -1.02. The molecule has 1 aliphatic rings. The van der Waals surface area contributed by atoms with Gasteiger partial charge in [-0.1, -0.05) is 32.4 Å². The summed E-state index contributed by atoms with van der Waals surface area (Å²) >= 11 is 0. The Morgan fingerprint density at radius 3 is 2.95 bits per heavy atom. The highest BCUT2D eigenvalue weighted by atomic mass is 16.5. The first kappa shape index (κ1) is 14.4. The molecule has 0 bridgehead atoms. The molecule has 0 radical (unpaired) electrons. The Balaban J connectivity index is 1.94. The van der Waals surface area contributed by atoms with Crippen molar-refractivity contribution < 1.29 is 4.74 Å². The maximum Gasteiger partial charge on any atom is 0.119 e. The van der Waals surface area contributed by atoms with Crippen LogP contribution in [0, 0.1) is 5.92 Å². The van der Waals surface area contributed by atoms with E-state index in [-0.39, 0.29) is 6.04 Å². The number of hydrogen-bond donors (Lipinski definition) is 1. The molecule has 1 saturated carbocycles. The average Bonchev–Trinajstić information content (AvgIpc) is 2.39. The van der Waals surface area contributed by atoms with Crippen LogP contribution in [0.5, 0.6) is 5.75 Å². The molecule has 2 rings (SSSR count). The van der Waals surface area contributed by atoms with Gasteiger partial charge in [0, 0.05) is 6.04 Å². The molecule has 0 saturated heterocycles. The molecule has 2 nitrogen and oxygen atoms in total. The zero-order valence-corrected chi connectivity index (χ0v) is 12.3. The van der Waals surface area contributed by atoms with Crippen LogP contribution in [-0.4, -0.2) is 12.1 Å². The van der Waals surface area contributed by atoms with E-state index in [1.54, 1.807) is 0 Å². The summed E-state index contributed by atoms with van der Waals surface area (Å²) in [4.78, 5) is 0. The van der Waals surface area contributed by atoms with E-state index >= 15 is 0 Å². The zero-order chi connectivity index (χ0) is 13.7. The van der Waals surface area contributed by atoms with E-state index in [2.05, 4.69) is 38.1 Å². The van der Waals surface area contributed by atoms with Gasteiger partial charge in [0.25, 0.3) is 0 Å². The molecule has 1 aromatic carbocycles. The monoisotopic (exact) mass is 261 g/mol. The van der Waals surface area contributed by atoms with Crippen molar-refractivity contribution in [1.82, 2.24) is 0 Å². The van der Waals surface area contributed by atoms with Gasteiger partial charge in [0.2, 0.25) is 0 Å². The minimum Gasteiger partial charge on any atom is -0.490 e. The topological polar surface area (TPSA) is 35.2 Å². The molecule has 3 atom stereocenters. The van der Waals surface area contributed by atoms with Crippen LogP contribution in [0.2, 0.25) is 0 Å². The van der Waals surface area contributed by atoms with Gasteiger partial charge >= 0.3 is 0 Å². The molecule has 0 heterocycles. The number of benzene rings is 1. The van der Waals surface area contributed by atoms with Crippen molar-refractivity contribution in [2.75, 3.05) is 0 Å². The highest BCUT2D eigenvalue weighted by Gasteiger charge is 2.20. The summed E-state index contributed by atoms with van der Waals surface area (Å²) in [6.07, 6.45) is 7.40. The maximum atomic E-state index is 6.14. The number of rotatable bonds is 5. The molecule has 19 heavy (non-hydrogen) atoms. The van der Waals surface area contributed by atoms with Crippen LogP contribution in [0.25, 0.3) is 0 Å². The average molecular weight is 261 g/mol. The fourth-order valence-corrected chi connectivity index (χ4v) is 2.87. The standard InChI is InChI=1S/C17H27NO/c1-3-15(18)11-14-7-5-9-17(12-14)19-16-8-4-6-13(2)10-16/h5,7,9,12-13,15-16H,3-4,6,8,10-11,18H2,1-2H3. The first-order valence-electron chi connectivity index (χ1n) is 7.68. The lowest BCUT2D eigenvalue weighted by molar-refractivity contribution is 0.129. The maximum absolute atomic E-state index is 6.14. The van der Waals surface area contributed by atoms with Gasteiger partial charge in [0.05, 0.1) is 6.10 Å². The van der Waals surface area contributed by atoms with Crippen LogP contribution in [0.3, 0.4) is 0 Å². The van der Waals surface area contributed by atoms with E-state index in [0.717, 1.165) is 24.5 Å². The summed E-state index contributed by atoms with van der Waals surface area (Å²) in [5, 5.41) is 0. The molecular formula is C17H27NO. The molecule has 0 spiro atoms. The fourth-order valence-electron chi connectivity index (χ4n) is 2.87. The highest BCUT2D eigenvalue weighted by molar-refractivity contribution is 5.29. The van der Waals surface area contributed by atoms with Crippen LogP contribution in [0.1, 0.15) is 51.5 Å². The minimum absolute atomic E-state index is 0.255. The van der Waals surface area contributed by atoms with E-state index in [1.807, 2.05) is 0 Å². The molecule has 0 amide bonds. The zero-order valence-electron chi connectivity index (χ0n) is 12.3.